The van der Waals surface area contributed by atoms with E-state index in [4.69, 9.17) is 0 Å². The molecule has 28 heavy (non-hydrogen) atoms. The van der Waals surface area contributed by atoms with Crippen LogP contribution in [0.2, 0.25) is 0 Å². The Kier molecular flexibility index (Phi) is 4.76. The van der Waals surface area contributed by atoms with Gasteiger partial charge in [-0.2, -0.15) is 17.5 Å². The van der Waals surface area contributed by atoms with Gasteiger partial charge in [-0.25, -0.2) is 18.4 Å². The van der Waals surface area contributed by atoms with E-state index in [1.807, 2.05) is 0 Å². The highest BCUT2D eigenvalue weighted by Crippen LogP contribution is 2.34. The van der Waals surface area contributed by atoms with Gasteiger partial charge >= 0.3 is 6.18 Å². The molecule has 11 heteroatoms. The first-order chi connectivity index (χ1) is 13.3. The highest BCUT2D eigenvalue weighted by molar-refractivity contribution is 7.89. The molecular formula is C17H15F3N4O2S2. The maximum absolute atomic E-state index is 13.1. The van der Waals surface area contributed by atoms with Crippen molar-refractivity contribution in [2.45, 2.75) is 11.1 Å². The monoisotopic (exact) mass is 428 g/mol. The lowest BCUT2D eigenvalue weighted by Gasteiger charge is -2.35. The predicted molar refractivity (Wildman–Crippen MR) is 99.8 cm³/mol. The van der Waals surface area contributed by atoms with Crippen LogP contribution in [0.1, 0.15) is 5.82 Å². The van der Waals surface area contributed by atoms with Crippen molar-refractivity contribution >= 4 is 37.4 Å². The van der Waals surface area contributed by atoms with Crippen LogP contribution in [0.4, 0.5) is 19.0 Å². The van der Waals surface area contributed by atoms with Crippen molar-refractivity contribution in [3.63, 3.8) is 0 Å². The molecule has 3 heterocycles. The van der Waals surface area contributed by atoms with Gasteiger partial charge in [0, 0.05) is 26.2 Å². The van der Waals surface area contributed by atoms with Crippen LogP contribution < -0.4 is 4.90 Å². The summed E-state index contributed by atoms with van der Waals surface area (Å²) in [4.78, 5) is 9.23. The molecule has 0 bridgehead atoms. The second-order valence-electron chi connectivity index (χ2n) is 6.21. The average molecular weight is 428 g/mol. The third-order valence-electron chi connectivity index (χ3n) is 4.46. The van der Waals surface area contributed by atoms with Crippen molar-refractivity contribution in [3.05, 3.63) is 47.6 Å². The standard InChI is InChI=1S/C17H15F3N4O2S2/c18-17(19,20)16-21-13-6-11-27-14(13)15(22-16)23-7-9-24(10-8-23)28(25,26)12-4-2-1-3-5-12/h1-6,11H,7-10H2. The summed E-state index contributed by atoms with van der Waals surface area (Å²) in [5.41, 5.74) is 0.238. The summed E-state index contributed by atoms with van der Waals surface area (Å²) in [5.74, 6) is -0.989. The minimum atomic E-state index is -4.65. The summed E-state index contributed by atoms with van der Waals surface area (Å²) in [6, 6.07) is 9.60. The third kappa shape index (κ3) is 3.45. The van der Waals surface area contributed by atoms with E-state index in [0.717, 1.165) is 0 Å². The van der Waals surface area contributed by atoms with E-state index in [0.29, 0.717) is 4.70 Å². The maximum atomic E-state index is 13.1. The third-order valence-corrected chi connectivity index (χ3v) is 7.27. The zero-order valence-corrected chi connectivity index (χ0v) is 16.1. The maximum Gasteiger partial charge on any atom is 0.451 e. The van der Waals surface area contributed by atoms with Gasteiger partial charge in [-0.3, -0.25) is 0 Å². The normalized spacial score (nSPS) is 16.6. The Morgan fingerprint density at radius 1 is 0.964 bits per heavy atom. The molecule has 1 saturated heterocycles. The number of thiophene rings is 1. The minimum Gasteiger partial charge on any atom is -0.353 e. The fraction of sp³-hybridized carbons (Fsp3) is 0.294. The van der Waals surface area contributed by atoms with E-state index in [2.05, 4.69) is 9.97 Å². The summed E-state index contributed by atoms with van der Waals surface area (Å²) in [5, 5.41) is 1.67. The molecule has 0 aliphatic carbocycles. The SMILES string of the molecule is O=S(=O)(c1ccccc1)N1CCN(c2nc(C(F)(F)F)nc3ccsc23)CC1. The van der Waals surface area contributed by atoms with Crippen molar-refractivity contribution in [1.82, 2.24) is 14.3 Å². The number of aromatic nitrogens is 2. The molecule has 1 fully saturated rings. The number of fused-ring (bicyclic) bond motifs is 1. The quantitative estimate of drug-likeness (QED) is 0.641. The minimum absolute atomic E-state index is 0.162. The van der Waals surface area contributed by atoms with Crippen LogP contribution in [0, 0.1) is 0 Å². The first kappa shape index (κ1) is 19.1. The molecule has 1 aromatic carbocycles. The molecule has 3 aromatic rings. The van der Waals surface area contributed by atoms with Crippen molar-refractivity contribution < 1.29 is 21.6 Å². The molecular weight excluding hydrogens is 413 g/mol. The molecule has 2 aromatic heterocycles. The van der Waals surface area contributed by atoms with Crippen LogP contribution in [0.5, 0.6) is 0 Å². The fourth-order valence-electron chi connectivity index (χ4n) is 3.07. The topological polar surface area (TPSA) is 66.4 Å². The molecule has 0 N–H and O–H groups in total. The Labute approximate surface area is 163 Å². The summed E-state index contributed by atoms with van der Waals surface area (Å²) >= 11 is 1.26. The molecule has 0 saturated carbocycles. The summed E-state index contributed by atoms with van der Waals surface area (Å²) in [6.07, 6.45) is -4.65. The Hall–Kier alpha value is -2.24. The van der Waals surface area contributed by atoms with Crippen LogP contribution in [0.15, 0.2) is 46.7 Å². The molecule has 6 nitrogen and oxygen atoms in total. The number of piperazine rings is 1. The predicted octanol–water partition coefficient (Wildman–Crippen LogP) is 3.22. The lowest BCUT2D eigenvalue weighted by Crippen LogP contribution is -2.49. The number of sulfonamides is 1. The lowest BCUT2D eigenvalue weighted by molar-refractivity contribution is -0.144. The van der Waals surface area contributed by atoms with Crippen molar-refractivity contribution in [3.8, 4) is 0 Å². The second-order valence-corrected chi connectivity index (χ2v) is 9.06. The van der Waals surface area contributed by atoms with E-state index >= 15 is 0 Å². The van der Waals surface area contributed by atoms with E-state index in [1.165, 1.54) is 33.8 Å². The molecule has 1 aliphatic heterocycles. The van der Waals surface area contributed by atoms with Crippen LogP contribution >= 0.6 is 11.3 Å². The fourth-order valence-corrected chi connectivity index (χ4v) is 5.36. The Morgan fingerprint density at radius 3 is 2.29 bits per heavy atom. The first-order valence-corrected chi connectivity index (χ1v) is 10.7. The summed E-state index contributed by atoms with van der Waals surface area (Å²) in [6.45, 7) is 0.811. The number of benzene rings is 1. The van der Waals surface area contributed by atoms with Gasteiger partial charge in [0.25, 0.3) is 0 Å². The zero-order valence-electron chi connectivity index (χ0n) is 14.4. The Balaban J connectivity index is 1.60. The Bertz CT molecular complexity index is 1090. The number of nitrogens with zero attached hydrogens (tertiary/aromatic N) is 4. The molecule has 0 spiro atoms. The average Bonchev–Trinajstić information content (AvgIpc) is 3.16. The smallest absolute Gasteiger partial charge is 0.353 e. The van der Waals surface area contributed by atoms with Gasteiger partial charge in [-0.1, -0.05) is 18.2 Å². The summed E-state index contributed by atoms with van der Waals surface area (Å²) in [7, 11) is -3.63. The number of rotatable bonds is 3. The van der Waals surface area contributed by atoms with E-state index < -0.39 is 22.0 Å². The molecule has 1 aliphatic rings. The van der Waals surface area contributed by atoms with Crippen molar-refractivity contribution in [2.24, 2.45) is 0 Å². The van der Waals surface area contributed by atoms with Crippen LogP contribution in [-0.4, -0.2) is 48.9 Å². The van der Waals surface area contributed by atoms with Gasteiger partial charge in [-0.15, -0.1) is 11.3 Å². The number of anilines is 1. The first-order valence-electron chi connectivity index (χ1n) is 8.39. The zero-order chi connectivity index (χ0) is 19.9. The van der Waals surface area contributed by atoms with Crippen molar-refractivity contribution in [2.75, 3.05) is 31.1 Å². The molecule has 0 unspecified atom stereocenters. The van der Waals surface area contributed by atoms with Gasteiger partial charge in [-0.05, 0) is 23.6 Å². The van der Waals surface area contributed by atoms with Gasteiger partial charge in [0.05, 0.1) is 15.1 Å². The molecule has 4 rings (SSSR count). The lowest BCUT2D eigenvalue weighted by atomic mass is 10.3. The molecule has 0 atom stereocenters. The largest absolute Gasteiger partial charge is 0.451 e. The van der Waals surface area contributed by atoms with Crippen LogP contribution in [0.25, 0.3) is 10.2 Å². The second kappa shape index (κ2) is 6.98. The number of alkyl halides is 3. The van der Waals surface area contributed by atoms with E-state index in [-0.39, 0.29) is 42.4 Å². The number of hydrogen-bond donors (Lipinski definition) is 0. The van der Waals surface area contributed by atoms with Crippen molar-refractivity contribution in [1.29, 1.82) is 0 Å². The van der Waals surface area contributed by atoms with E-state index in [9.17, 15) is 21.6 Å². The van der Waals surface area contributed by atoms with Gasteiger partial charge in [0.15, 0.2) is 5.82 Å². The highest BCUT2D eigenvalue weighted by Gasteiger charge is 2.37. The van der Waals surface area contributed by atoms with Crippen LogP contribution in [0.3, 0.4) is 0 Å². The number of halogens is 3. The molecule has 0 radical (unpaired) electrons. The molecule has 0 amide bonds. The highest BCUT2D eigenvalue weighted by atomic mass is 32.2. The van der Waals surface area contributed by atoms with Gasteiger partial charge in [0.1, 0.15) is 0 Å². The Morgan fingerprint density at radius 2 is 1.64 bits per heavy atom. The van der Waals surface area contributed by atoms with Gasteiger partial charge < -0.3 is 4.90 Å². The number of hydrogen-bond acceptors (Lipinski definition) is 6. The van der Waals surface area contributed by atoms with Gasteiger partial charge in [0.2, 0.25) is 15.8 Å². The molecule has 148 valence electrons. The van der Waals surface area contributed by atoms with Crippen LogP contribution in [-0.2, 0) is 16.2 Å². The summed E-state index contributed by atoms with van der Waals surface area (Å²) < 4.78 is 66.8. The van der Waals surface area contributed by atoms with E-state index in [1.54, 1.807) is 28.5 Å².